The molecule has 1 heterocycles. The molecule has 1 amide bonds. The molecule has 1 aromatic carbocycles. The van der Waals surface area contributed by atoms with Crippen molar-refractivity contribution < 1.29 is 9.53 Å². The van der Waals surface area contributed by atoms with Gasteiger partial charge in [0.1, 0.15) is 10.8 Å². The van der Waals surface area contributed by atoms with Gasteiger partial charge in [-0.2, -0.15) is 0 Å². The second-order valence-electron chi connectivity index (χ2n) is 4.95. The molecule has 1 aromatic heterocycles. The molecule has 1 atom stereocenters. The van der Waals surface area contributed by atoms with Crippen molar-refractivity contribution in [3.8, 4) is 5.75 Å². The molecule has 0 radical (unpaired) electrons. The highest BCUT2D eigenvalue weighted by Crippen LogP contribution is 2.28. The van der Waals surface area contributed by atoms with Crippen LogP contribution in [-0.4, -0.2) is 22.7 Å². The summed E-state index contributed by atoms with van der Waals surface area (Å²) in [4.78, 5) is 11.8. The molecule has 2 aromatic rings. The van der Waals surface area contributed by atoms with E-state index >= 15 is 0 Å². The number of ether oxygens (including phenoxy) is 1. The van der Waals surface area contributed by atoms with Crippen molar-refractivity contribution in [3.05, 3.63) is 34.8 Å². The van der Waals surface area contributed by atoms with Gasteiger partial charge >= 0.3 is 0 Å². The quantitative estimate of drug-likeness (QED) is 0.817. The minimum absolute atomic E-state index is 0.0261. The number of nitrogens with zero attached hydrogens (tertiary/aromatic N) is 2. The maximum absolute atomic E-state index is 11.8. The van der Waals surface area contributed by atoms with E-state index in [1.54, 1.807) is 0 Å². The van der Waals surface area contributed by atoms with Crippen LogP contribution in [0, 0.1) is 0 Å². The third-order valence-electron chi connectivity index (χ3n) is 3.34. The number of nitrogen functional groups attached to an aromatic ring is 1. The first-order valence-corrected chi connectivity index (χ1v) is 7.98. The van der Waals surface area contributed by atoms with Gasteiger partial charge in [-0.15, -0.1) is 10.2 Å². The standard InChI is InChI=1S/C15H20N4O2S/c1-3-10(2)11-6-4-5-7-12(11)21-9-13(20)17-8-14-18-19-15(16)22-14/h4-7,10H,3,8-9H2,1-2H3,(H2,16,19)(H,17,20)/t10-/m0/s1. The van der Waals surface area contributed by atoms with Crippen LogP contribution in [0.4, 0.5) is 5.13 Å². The van der Waals surface area contributed by atoms with Crippen molar-refractivity contribution in [2.24, 2.45) is 0 Å². The number of carbonyl (C=O) groups excluding carboxylic acids is 1. The van der Waals surface area contributed by atoms with Crippen LogP contribution in [0.1, 0.15) is 36.8 Å². The lowest BCUT2D eigenvalue weighted by molar-refractivity contribution is -0.123. The van der Waals surface area contributed by atoms with Gasteiger partial charge in [-0.1, -0.05) is 43.4 Å². The van der Waals surface area contributed by atoms with Gasteiger partial charge in [0.15, 0.2) is 6.61 Å². The van der Waals surface area contributed by atoms with E-state index in [0.29, 0.717) is 22.6 Å². The third-order valence-corrected chi connectivity index (χ3v) is 4.09. The summed E-state index contributed by atoms with van der Waals surface area (Å²) >= 11 is 1.25. The van der Waals surface area contributed by atoms with Crippen LogP contribution in [0.25, 0.3) is 0 Å². The van der Waals surface area contributed by atoms with Crippen molar-refractivity contribution in [2.45, 2.75) is 32.7 Å². The predicted octanol–water partition coefficient (Wildman–Crippen LogP) is 2.33. The number of carbonyl (C=O) groups is 1. The zero-order valence-electron chi connectivity index (χ0n) is 12.7. The molecule has 2 rings (SSSR count). The molecule has 7 heteroatoms. The first-order chi connectivity index (χ1) is 10.6. The molecule has 0 spiro atoms. The van der Waals surface area contributed by atoms with Crippen molar-refractivity contribution >= 4 is 22.4 Å². The number of rotatable bonds is 7. The van der Waals surface area contributed by atoms with Crippen molar-refractivity contribution in [1.82, 2.24) is 15.5 Å². The van der Waals surface area contributed by atoms with Crippen LogP contribution < -0.4 is 15.8 Å². The number of benzene rings is 1. The zero-order valence-corrected chi connectivity index (χ0v) is 13.5. The molecular weight excluding hydrogens is 300 g/mol. The number of amides is 1. The number of nitrogens with two attached hydrogens (primary N) is 1. The Morgan fingerprint density at radius 3 is 2.86 bits per heavy atom. The SMILES string of the molecule is CC[C@H](C)c1ccccc1OCC(=O)NCc1nnc(N)s1. The molecule has 6 nitrogen and oxygen atoms in total. The molecule has 0 unspecified atom stereocenters. The van der Waals surface area contributed by atoms with E-state index in [0.717, 1.165) is 17.7 Å². The number of hydrogen-bond acceptors (Lipinski definition) is 6. The molecule has 22 heavy (non-hydrogen) atoms. The minimum Gasteiger partial charge on any atom is -0.483 e. The lowest BCUT2D eigenvalue weighted by atomic mass is 9.98. The Labute approximate surface area is 133 Å². The first kappa shape index (κ1) is 16.2. The number of aromatic nitrogens is 2. The Bertz CT molecular complexity index is 630. The molecule has 0 aliphatic carbocycles. The Kier molecular flexibility index (Phi) is 5.71. The largest absolute Gasteiger partial charge is 0.483 e. The lowest BCUT2D eigenvalue weighted by Gasteiger charge is -2.15. The van der Waals surface area contributed by atoms with Gasteiger partial charge in [-0.05, 0) is 24.0 Å². The summed E-state index contributed by atoms with van der Waals surface area (Å²) in [7, 11) is 0. The molecule has 0 aliphatic heterocycles. The van der Waals surface area contributed by atoms with Gasteiger partial charge in [0, 0.05) is 0 Å². The summed E-state index contributed by atoms with van der Waals surface area (Å²) in [6, 6.07) is 7.81. The topological polar surface area (TPSA) is 90.1 Å². The highest BCUT2D eigenvalue weighted by Gasteiger charge is 2.11. The molecule has 0 fully saturated rings. The molecule has 0 saturated carbocycles. The number of hydrogen-bond donors (Lipinski definition) is 2. The fraction of sp³-hybridized carbons (Fsp3) is 0.400. The van der Waals surface area contributed by atoms with Gasteiger partial charge < -0.3 is 15.8 Å². The van der Waals surface area contributed by atoms with Gasteiger partial charge in [-0.3, -0.25) is 4.79 Å². The summed E-state index contributed by atoms with van der Waals surface area (Å²) < 4.78 is 5.65. The fourth-order valence-electron chi connectivity index (χ4n) is 1.95. The molecule has 0 aliphatic rings. The van der Waals surface area contributed by atoms with Crippen molar-refractivity contribution in [2.75, 3.05) is 12.3 Å². The summed E-state index contributed by atoms with van der Waals surface area (Å²) in [5.41, 5.74) is 6.61. The second-order valence-corrected chi connectivity index (χ2v) is 6.04. The van der Waals surface area contributed by atoms with Crippen LogP contribution >= 0.6 is 11.3 Å². The average molecular weight is 320 g/mol. The second kappa shape index (κ2) is 7.74. The van der Waals surface area contributed by atoms with E-state index < -0.39 is 0 Å². The smallest absolute Gasteiger partial charge is 0.258 e. The van der Waals surface area contributed by atoms with E-state index in [-0.39, 0.29) is 12.5 Å². The molecule has 0 saturated heterocycles. The average Bonchev–Trinajstić information content (AvgIpc) is 2.96. The van der Waals surface area contributed by atoms with E-state index in [2.05, 4.69) is 29.4 Å². The number of nitrogens with one attached hydrogen (secondary N) is 1. The molecule has 0 bridgehead atoms. The van der Waals surface area contributed by atoms with Gasteiger partial charge in [0.05, 0.1) is 6.54 Å². The minimum atomic E-state index is -0.201. The van der Waals surface area contributed by atoms with Crippen molar-refractivity contribution in [3.63, 3.8) is 0 Å². The summed E-state index contributed by atoms with van der Waals surface area (Å²) in [6.07, 6.45) is 1.02. The van der Waals surface area contributed by atoms with Crippen LogP contribution in [0.2, 0.25) is 0 Å². The summed E-state index contributed by atoms with van der Waals surface area (Å²) in [5.74, 6) is 0.948. The summed E-state index contributed by atoms with van der Waals surface area (Å²) in [5, 5.41) is 11.3. The van der Waals surface area contributed by atoms with E-state index in [4.69, 9.17) is 10.5 Å². The maximum atomic E-state index is 11.8. The van der Waals surface area contributed by atoms with Crippen LogP contribution in [0.5, 0.6) is 5.75 Å². The Hall–Kier alpha value is -2.15. The van der Waals surface area contributed by atoms with Gasteiger partial charge in [0.25, 0.3) is 5.91 Å². The molecule has 3 N–H and O–H groups in total. The molecule has 118 valence electrons. The maximum Gasteiger partial charge on any atom is 0.258 e. The number of anilines is 1. The van der Waals surface area contributed by atoms with Gasteiger partial charge in [-0.25, -0.2) is 0 Å². The highest BCUT2D eigenvalue weighted by molar-refractivity contribution is 7.15. The Morgan fingerprint density at radius 1 is 1.41 bits per heavy atom. The number of para-hydroxylation sites is 1. The monoisotopic (exact) mass is 320 g/mol. The van der Waals surface area contributed by atoms with E-state index in [1.165, 1.54) is 11.3 Å². The molecular formula is C15H20N4O2S. The Morgan fingerprint density at radius 2 is 2.18 bits per heavy atom. The Balaban J connectivity index is 1.86. The van der Waals surface area contributed by atoms with Gasteiger partial charge in [0.2, 0.25) is 5.13 Å². The summed E-state index contributed by atoms with van der Waals surface area (Å²) in [6.45, 7) is 4.55. The first-order valence-electron chi connectivity index (χ1n) is 7.16. The van der Waals surface area contributed by atoms with E-state index in [1.807, 2.05) is 24.3 Å². The highest BCUT2D eigenvalue weighted by atomic mass is 32.1. The van der Waals surface area contributed by atoms with Crippen LogP contribution in [0.15, 0.2) is 24.3 Å². The van der Waals surface area contributed by atoms with Crippen LogP contribution in [0.3, 0.4) is 0 Å². The fourth-order valence-corrected chi connectivity index (χ4v) is 2.49. The van der Waals surface area contributed by atoms with Crippen molar-refractivity contribution in [1.29, 1.82) is 0 Å². The third kappa shape index (κ3) is 4.42. The predicted molar refractivity (Wildman–Crippen MR) is 86.8 cm³/mol. The zero-order chi connectivity index (χ0) is 15.9. The normalized spacial score (nSPS) is 11.9. The van der Waals surface area contributed by atoms with Crippen LogP contribution in [-0.2, 0) is 11.3 Å². The lowest BCUT2D eigenvalue weighted by Crippen LogP contribution is -2.28. The van der Waals surface area contributed by atoms with E-state index in [9.17, 15) is 4.79 Å².